The lowest BCUT2D eigenvalue weighted by Gasteiger charge is -2.18. The first-order valence-corrected chi connectivity index (χ1v) is 36.4. The second-order valence-electron chi connectivity index (χ2n) is 24.5. The number of allylic oxidation sites excluding steroid dienone is 12. The summed E-state index contributed by atoms with van der Waals surface area (Å²) in [5, 5.41) is 0. The van der Waals surface area contributed by atoms with E-state index >= 15 is 0 Å². The van der Waals surface area contributed by atoms with Gasteiger partial charge >= 0.3 is 17.9 Å². The monoisotopic (exact) mass is 1160 g/mol. The molecule has 0 aliphatic rings. The van der Waals surface area contributed by atoms with Crippen molar-refractivity contribution in [1.82, 2.24) is 0 Å². The van der Waals surface area contributed by atoms with E-state index in [0.717, 1.165) is 89.9 Å². The Balaban J connectivity index is 4.23. The molecule has 0 spiro atoms. The van der Waals surface area contributed by atoms with Gasteiger partial charge in [0.1, 0.15) is 13.2 Å². The molecule has 0 N–H and O–H groups in total. The first-order valence-electron chi connectivity index (χ1n) is 36.4. The molecule has 6 heteroatoms. The average Bonchev–Trinajstić information content (AvgIpc) is 3.49. The highest BCUT2D eigenvalue weighted by Crippen LogP contribution is 2.18. The quantitative estimate of drug-likeness (QED) is 0.0261. The van der Waals surface area contributed by atoms with Crippen molar-refractivity contribution in [2.75, 3.05) is 13.2 Å². The minimum Gasteiger partial charge on any atom is -0.462 e. The maximum atomic E-state index is 12.9. The molecule has 482 valence electrons. The first-order chi connectivity index (χ1) is 41.0. The molecule has 0 fully saturated rings. The van der Waals surface area contributed by atoms with Gasteiger partial charge in [-0.05, 0) is 96.3 Å². The summed E-state index contributed by atoms with van der Waals surface area (Å²) in [6.45, 7) is 6.66. The van der Waals surface area contributed by atoms with Gasteiger partial charge in [0.05, 0.1) is 0 Å². The highest BCUT2D eigenvalue weighted by molar-refractivity contribution is 5.71. The van der Waals surface area contributed by atoms with Gasteiger partial charge in [0, 0.05) is 19.3 Å². The van der Waals surface area contributed by atoms with Crippen molar-refractivity contribution in [1.29, 1.82) is 0 Å². The Labute approximate surface area is 516 Å². The number of carbonyl (C=O) groups is 3. The molecule has 0 heterocycles. The molecule has 0 amide bonds. The van der Waals surface area contributed by atoms with E-state index in [0.29, 0.717) is 19.3 Å². The van der Waals surface area contributed by atoms with Crippen LogP contribution in [-0.4, -0.2) is 37.2 Å². The van der Waals surface area contributed by atoms with Crippen molar-refractivity contribution in [3.8, 4) is 0 Å². The molecule has 0 aromatic heterocycles. The lowest BCUT2D eigenvalue weighted by atomic mass is 10.0. The molecule has 0 bridgehead atoms. The summed E-state index contributed by atoms with van der Waals surface area (Å²) in [4.78, 5) is 38.4. The summed E-state index contributed by atoms with van der Waals surface area (Å²) in [6, 6.07) is 0. The fourth-order valence-corrected chi connectivity index (χ4v) is 10.7. The highest BCUT2D eigenvalue weighted by atomic mass is 16.6. The second-order valence-corrected chi connectivity index (χ2v) is 24.5. The standard InChI is InChI=1S/C77H138O6/c1-4-7-10-13-16-19-22-25-27-29-31-33-34-35-36-37-38-39-40-41-42-44-45-47-49-52-55-58-61-64-67-70-76(79)82-73-74(72-81-75(78)69-66-63-60-57-54-51-24-21-18-15-12-9-6-3)83-77(80)71-68-65-62-59-56-53-50-48-46-43-32-30-28-26-23-20-17-14-11-8-5-2/h22-23,25-26,29-32,34-35,46,48,74H,4-21,24,27-28,33,36-45,47,49-73H2,1-3H3/b25-22-,26-23-,31-29-,32-30-,35-34-,48-46-. The largest absolute Gasteiger partial charge is 0.462 e. The van der Waals surface area contributed by atoms with Crippen molar-refractivity contribution < 1.29 is 28.6 Å². The molecule has 6 nitrogen and oxygen atoms in total. The topological polar surface area (TPSA) is 78.9 Å². The Morgan fingerprint density at radius 2 is 0.434 bits per heavy atom. The van der Waals surface area contributed by atoms with Crippen molar-refractivity contribution in [2.45, 2.75) is 386 Å². The third-order valence-electron chi connectivity index (χ3n) is 16.2. The third kappa shape index (κ3) is 69.5. The summed E-state index contributed by atoms with van der Waals surface area (Å²) >= 11 is 0. The second kappa shape index (κ2) is 71.3. The Morgan fingerprint density at radius 3 is 0.675 bits per heavy atom. The van der Waals surface area contributed by atoms with Crippen LogP contribution in [-0.2, 0) is 28.6 Å². The minimum atomic E-state index is -0.782. The molecule has 0 aromatic rings. The Bertz CT molecular complexity index is 1520. The van der Waals surface area contributed by atoms with Crippen LogP contribution in [0.3, 0.4) is 0 Å². The van der Waals surface area contributed by atoms with Crippen LogP contribution in [0.15, 0.2) is 72.9 Å². The van der Waals surface area contributed by atoms with E-state index in [1.54, 1.807) is 0 Å². The number of ether oxygens (including phenoxy) is 3. The van der Waals surface area contributed by atoms with E-state index in [-0.39, 0.29) is 31.1 Å². The van der Waals surface area contributed by atoms with Gasteiger partial charge in [0.25, 0.3) is 0 Å². The number of hydrogen-bond acceptors (Lipinski definition) is 6. The number of rotatable bonds is 67. The molecule has 0 aliphatic heterocycles. The maximum absolute atomic E-state index is 12.9. The predicted molar refractivity (Wildman–Crippen MR) is 362 cm³/mol. The van der Waals surface area contributed by atoms with Gasteiger partial charge < -0.3 is 14.2 Å². The average molecular weight is 1160 g/mol. The van der Waals surface area contributed by atoms with Gasteiger partial charge in [0.15, 0.2) is 6.10 Å². The fraction of sp³-hybridized carbons (Fsp3) is 0.805. The van der Waals surface area contributed by atoms with Gasteiger partial charge in [0.2, 0.25) is 0 Å². The molecule has 0 saturated carbocycles. The van der Waals surface area contributed by atoms with Gasteiger partial charge in [-0.15, -0.1) is 0 Å². The fourth-order valence-electron chi connectivity index (χ4n) is 10.7. The molecule has 0 saturated heterocycles. The van der Waals surface area contributed by atoms with E-state index in [2.05, 4.69) is 93.7 Å². The summed E-state index contributed by atoms with van der Waals surface area (Å²) in [5.74, 6) is -0.867. The Hall–Kier alpha value is -3.15. The van der Waals surface area contributed by atoms with Crippen molar-refractivity contribution in [3.63, 3.8) is 0 Å². The summed E-state index contributed by atoms with van der Waals surface area (Å²) in [5.41, 5.74) is 0. The summed E-state index contributed by atoms with van der Waals surface area (Å²) < 4.78 is 17.0. The predicted octanol–water partition coefficient (Wildman–Crippen LogP) is 25.2. The normalized spacial score (nSPS) is 12.5. The SMILES string of the molecule is CCCCCCC/C=C\C/C=C\C/C=C\CCCCCCCCCCCCCCCCCCC(=O)OCC(COC(=O)CCCCCCCCCCCCCCC)OC(=O)CCCCCCCC/C=C\C/C=C\C/C=C\CCCCCCC. The molecular weight excluding hydrogens is 1020 g/mol. The zero-order chi connectivity index (χ0) is 59.9. The molecule has 1 unspecified atom stereocenters. The van der Waals surface area contributed by atoms with Gasteiger partial charge in [-0.3, -0.25) is 14.4 Å². The van der Waals surface area contributed by atoms with E-state index in [4.69, 9.17) is 14.2 Å². The van der Waals surface area contributed by atoms with Crippen LogP contribution in [0.2, 0.25) is 0 Å². The Kier molecular flexibility index (Phi) is 68.6. The summed E-state index contributed by atoms with van der Waals surface area (Å²) in [6.07, 6.45) is 93.6. The van der Waals surface area contributed by atoms with Crippen LogP contribution in [0.25, 0.3) is 0 Å². The van der Waals surface area contributed by atoms with Crippen LogP contribution < -0.4 is 0 Å². The molecular formula is C77H138O6. The highest BCUT2D eigenvalue weighted by Gasteiger charge is 2.19. The van der Waals surface area contributed by atoms with Crippen LogP contribution in [0, 0.1) is 0 Å². The summed E-state index contributed by atoms with van der Waals surface area (Å²) in [7, 11) is 0. The smallest absolute Gasteiger partial charge is 0.306 e. The van der Waals surface area contributed by atoms with E-state index in [9.17, 15) is 14.4 Å². The number of carbonyl (C=O) groups excluding carboxylic acids is 3. The van der Waals surface area contributed by atoms with E-state index in [1.165, 1.54) is 250 Å². The number of unbranched alkanes of at least 4 members (excludes halogenated alkanes) is 44. The van der Waals surface area contributed by atoms with E-state index in [1.807, 2.05) is 0 Å². The lowest BCUT2D eigenvalue weighted by Crippen LogP contribution is -2.30. The zero-order valence-corrected chi connectivity index (χ0v) is 55.5. The van der Waals surface area contributed by atoms with Crippen LogP contribution >= 0.6 is 0 Å². The van der Waals surface area contributed by atoms with Crippen LogP contribution in [0.1, 0.15) is 380 Å². The maximum Gasteiger partial charge on any atom is 0.306 e. The van der Waals surface area contributed by atoms with Gasteiger partial charge in [-0.1, -0.05) is 338 Å². The first kappa shape index (κ1) is 79.8. The molecule has 0 rings (SSSR count). The molecule has 1 atom stereocenters. The third-order valence-corrected chi connectivity index (χ3v) is 16.2. The van der Waals surface area contributed by atoms with Crippen molar-refractivity contribution >= 4 is 17.9 Å². The molecule has 83 heavy (non-hydrogen) atoms. The van der Waals surface area contributed by atoms with Crippen LogP contribution in [0.4, 0.5) is 0 Å². The van der Waals surface area contributed by atoms with Crippen molar-refractivity contribution in [2.24, 2.45) is 0 Å². The minimum absolute atomic E-state index is 0.0762. The number of esters is 3. The molecule has 0 aliphatic carbocycles. The van der Waals surface area contributed by atoms with Gasteiger partial charge in [-0.25, -0.2) is 0 Å². The lowest BCUT2D eigenvalue weighted by molar-refractivity contribution is -0.167. The molecule has 0 aromatic carbocycles. The van der Waals surface area contributed by atoms with Crippen molar-refractivity contribution in [3.05, 3.63) is 72.9 Å². The van der Waals surface area contributed by atoms with E-state index < -0.39 is 6.10 Å². The molecule has 0 radical (unpaired) electrons. The zero-order valence-electron chi connectivity index (χ0n) is 55.5. The Morgan fingerprint density at radius 1 is 0.241 bits per heavy atom. The van der Waals surface area contributed by atoms with Crippen LogP contribution in [0.5, 0.6) is 0 Å². The van der Waals surface area contributed by atoms with Gasteiger partial charge in [-0.2, -0.15) is 0 Å². The number of hydrogen-bond donors (Lipinski definition) is 0.